The first-order valence-corrected chi connectivity index (χ1v) is 5.53. The lowest BCUT2D eigenvalue weighted by Crippen LogP contribution is -2.23. The fourth-order valence-electron chi connectivity index (χ4n) is 1.93. The van der Waals surface area contributed by atoms with E-state index in [0.29, 0.717) is 12.0 Å². The van der Waals surface area contributed by atoms with Crippen LogP contribution >= 0.6 is 0 Å². The van der Waals surface area contributed by atoms with Gasteiger partial charge in [0.2, 0.25) is 0 Å². The van der Waals surface area contributed by atoms with Gasteiger partial charge in [0.1, 0.15) is 0 Å². The highest BCUT2D eigenvalue weighted by molar-refractivity contribution is 5.28. The highest BCUT2D eigenvalue weighted by Gasteiger charge is 2.31. The summed E-state index contributed by atoms with van der Waals surface area (Å²) in [6, 6.07) is 4.69. The molecule has 1 rings (SSSR count). The average Bonchev–Trinajstić information content (AvgIpc) is 2.14. The second-order valence-electron chi connectivity index (χ2n) is 4.95. The molecule has 0 aliphatic rings. The number of benzene rings is 1. The molecule has 0 fully saturated rings. The van der Waals surface area contributed by atoms with E-state index in [-0.39, 0.29) is 5.92 Å². The molecule has 4 heteroatoms. The number of halogens is 3. The van der Waals surface area contributed by atoms with Crippen molar-refractivity contribution in [3.63, 3.8) is 0 Å². The van der Waals surface area contributed by atoms with Crippen molar-refractivity contribution in [2.45, 2.75) is 39.0 Å². The van der Waals surface area contributed by atoms with Gasteiger partial charge in [-0.05, 0) is 37.0 Å². The summed E-state index contributed by atoms with van der Waals surface area (Å²) in [6.07, 6.45) is -3.82. The molecule has 0 saturated carbocycles. The molecule has 17 heavy (non-hydrogen) atoms. The summed E-state index contributed by atoms with van der Waals surface area (Å²) in [7, 11) is 0. The topological polar surface area (TPSA) is 20.2 Å². The van der Waals surface area contributed by atoms with Gasteiger partial charge in [0.25, 0.3) is 0 Å². The van der Waals surface area contributed by atoms with Gasteiger partial charge in [-0.25, -0.2) is 0 Å². The lowest BCUT2D eigenvalue weighted by atomic mass is 9.87. The van der Waals surface area contributed by atoms with E-state index in [0.717, 1.165) is 12.1 Å². The fraction of sp³-hybridized carbons (Fsp3) is 0.538. The number of hydrogen-bond donors (Lipinski definition) is 1. The number of hydrogen-bond acceptors (Lipinski definition) is 1. The van der Waals surface area contributed by atoms with Crippen LogP contribution in [-0.4, -0.2) is 5.11 Å². The number of alkyl halides is 3. The summed E-state index contributed by atoms with van der Waals surface area (Å²) < 4.78 is 37.1. The molecular formula is C13H17F3O. The summed E-state index contributed by atoms with van der Waals surface area (Å²) >= 11 is 0. The molecule has 1 N–H and O–H groups in total. The first-order chi connectivity index (χ1) is 7.63. The van der Waals surface area contributed by atoms with Crippen LogP contribution < -0.4 is 0 Å². The minimum absolute atomic E-state index is 0.271. The Morgan fingerprint density at radius 3 is 1.82 bits per heavy atom. The van der Waals surface area contributed by atoms with Crippen LogP contribution in [0.1, 0.15) is 38.3 Å². The minimum atomic E-state index is -4.33. The van der Waals surface area contributed by atoms with Crippen LogP contribution in [0.2, 0.25) is 0 Å². The maximum absolute atomic E-state index is 12.4. The Bertz CT molecular complexity index is 363. The summed E-state index contributed by atoms with van der Waals surface area (Å²) in [5.41, 5.74) is -1.26. The Kier molecular flexibility index (Phi) is 3.87. The predicted octanol–water partition coefficient (Wildman–Crippen LogP) is 3.96. The zero-order chi connectivity index (χ0) is 13.3. The molecule has 0 saturated heterocycles. The van der Waals surface area contributed by atoms with Gasteiger partial charge in [0.05, 0.1) is 11.2 Å². The lowest BCUT2D eigenvalue weighted by Gasteiger charge is -2.26. The summed E-state index contributed by atoms with van der Waals surface area (Å²) in [4.78, 5) is 0. The third-order valence-corrected chi connectivity index (χ3v) is 2.64. The molecule has 1 aromatic rings. The Morgan fingerprint density at radius 2 is 1.47 bits per heavy atom. The molecule has 0 bridgehead atoms. The molecule has 0 aliphatic heterocycles. The van der Waals surface area contributed by atoms with E-state index in [1.807, 2.05) is 13.8 Å². The van der Waals surface area contributed by atoms with E-state index in [1.54, 1.807) is 6.92 Å². The zero-order valence-corrected chi connectivity index (χ0v) is 10.2. The van der Waals surface area contributed by atoms with Crippen LogP contribution in [0.5, 0.6) is 0 Å². The van der Waals surface area contributed by atoms with E-state index in [1.165, 1.54) is 12.1 Å². The first kappa shape index (κ1) is 14.0. The van der Waals surface area contributed by atoms with Gasteiger partial charge in [-0.15, -0.1) is 0 Å². The molecule has 1 atom stereocenters. The van der Waals surface area contributed by atoms with Gasteiger partial charge in [-0.1, -0.05) is 26.0 Å². The van der Waals surface area contributed by atoms with Gasteiger partial charge in [-0.2, -0.15) is 13.2 Å². The molecule has 1 aromatic carbocycles. The van der Waals surface area contributed by atoms with Crippen molar-refractivity contribution in [3.8, 4) is 0 Å². The number of aliphatic hydroxyl groups is 1. The van der Waals surface area contributed by atoms with Crippen molar-refractivity contribution >= 4 is 0 Å². The van der Waals surface area contributed by atoms with Crippen molar-refractivity contribution in [2.24, 2.45) is 5.92 Å². The second-order valence-corrected chi connectivity index (χ2v) is 4.95. The monoisotopic (exact) mass is 246 g/mol. The number of rotatable bonds is 3. The highest BCUT2D eigenvalue weighted by atomic mass is 19.4. The molecular weight excluding hydrogens is 229 g/mol. The van der Waals surface area contributed by atoms with Gasteiger partial charge >= 0.3 is 6.18 Å². The normalized spacial score (nSPS) is 16.0. The van der Waals surface area contributed by atoms with Crippen LogP contribution in [-0.2, 0) is 11.8 Å². The molecule has 0 radical (unpaired) electrons. The van der Waals surface area contributed by atoms with Crippen molar-refractivity contribution in [3.05, 3.63) is 35.4 Å². The first-order valence-electron chi connectivity index (χ1n) is 5.53. The third kappa shape index (κ3) is 3.73. The molecule has 0 aromatic heterocycles. The summed E-state index contributed by atoms with van der Waals surface area (Å²) in [6.45, 7) is 5.53. The van der Waals surface area contributed by atoms with E-state index < -0.39 is 17.3 Å². The van der Waals surface area contributed by atoms with Crippen LogP contribution in [0.15, 0.2) is 24.3 Å². The molecule has 96 valence electrons. The third-order valence-electron chi connectivity index (χ3n) is 2.64. The van der Waals surface area contributed by atoms with E-state index in [2.05, 4.69) is 0 Å². The van der Waals surface area contributed by atoms with Gasteiger partial charge in [0, 0.05) is 0 Å². The molecule has 0 aliphatic carbocycles. The minimum Gasteiger partial charge on any atom is -0.385 e. The summed E-state index contributed by atoms with van der Waals surface area (Å²) in [5, 5.41) is 10.2. The second kappa shape index (κ2) is 4.69. The smallest absolute Gasteiger partial charge is 0.385 e. The van der Waals surface area contributed by atoms with Crippen molar-refractivity contribution in [1.82, 2.24) is 0 Å². The van der Waals surface area contributed by atoms with Crippen LogP contribution in [0, 0.1) is 5.92 Å². The maximum Gasteiger partial charge on any atom is 0.416 e. The average molecular weight is 246 g/mol. The predicted molar refractivity (Wildman–Crippen MR) is 60.5 cm³/mol. The molecule has 1 unspecified atom stereocenters. The molecule has 0 amide bonds. The standard InChI is InChI=1S/C13H17F3O/c1-9(2)8-12(3,17)10-4-6-11(7-5-10)13(14,15)16/h4-7,9,17H,8H2,1-3H3. The van der Waals surface area contributed by atoms with Crippen LogP contribution in [0.25, 0.3) is 0 Å². The van der Waals surface area contributed by atoms with Crippen LogP contribution in [0.4, 0.5) is 13.2 Å². The maximum atomic E-state index is 12.4. The van der Waals surface area contributed by atoms with E-state index in [9.17, 15) is 18.3 Å². The Balaban J connectivity index is 2.94. The van der Waals surface area contributed by atoms with Crippen molar-refractivity contribution in [1.29, 1.82) is 0 Å². The molecule has 1 nitrogen and oxygen atoms in total. The van der Waals surface area contributed by atoms with E-state index >= 15 is 0 Å². The summed E-state index contributed by atoms with van der Waals surface area (Å²) in [5.74, 6) is 0.271. The zero-order valence-electron chi connectivity index (χ0n) is 10.2. The quantitative estimate of drug-likeness (QED) is 0.855. The Hall–Kier alpha value is -1.03. The fourth-order valence-corrected chi connectivity index (χ4v) is 1.93. The van der Waals surface area contributed by atoms with Gasteiger partial charge < -0.3 is 5.11 Å². The largest absolute Gasteiger partial charge is 0.416 e. The highest BCUT2D eigenvalue weighted by Crippen LogP contribution is 2.32. The molecule has 0 spiro atoms. The molecule has 0 heterocycles. The van der Waals surface area contributed by atoms with Gasteiger partial charge in [-0.3, -0.25) is 0 Å². The van der Waals surface area contributed by atoms with Crippen molar-refractivity contribution in [2.75, 3.05) is 0 Å². The van der Waals surface area contributed by atoms with E-state index in [4.69, 9.17) is 0 Å². The Labute approximate surface area is 99.3 Å². The lowest BCUT2D eigenvalue weighted by molar-refractivity contribution is -0.137. The van der Waals surface area contributed by atoms with Crippen molar-refractivity contribution < 1.29 is 18.3 Å². The van der Waals surface area contributed by atoms with Crippen LogP contribution in [0.3, 0.4) is 0 Å². The van der Waals surface area contributed by atoms with Gasteiger partial charge in [0.15, 0.2) is 0 Å². The SMILES string of the molecule is CC(C)CC(C)(O)c1ccc(C(F)(F)F)cc1. The Morgan fingerprint density at radius 1 is 1.06 bits per heavy atom.